The smallest absolute Gasteiger partial charge is 0.246 e. The largest absolute Gasteiger partial charge is 0.390 e. The van der Waals surface area contributed by atoms with E-state index < -0.39 is 15.6 Å². The van der Waals surface area contributed by atoms with Crippen molar-refractivity contribution < 1.29 is 13.5 Å². The Bertz CT molecular complexity index is 497. The van der Waals surface area contributed by atoms with Crippen LogP contribution in [-0.2, 0) is 17.1 Å². The summed E-state index contributed by atoms with van der Waals surface area (Å²) in [6, 6.07) is 0. The third-order valence-corrected chi connectivity index (χ3v) is 4.97. The molecule has 1 fully saturated rings. The molecule has 0 amide bonds. The molecule has 0 aliphatic carbocycles. The Morgan fingerprint density at radius 1 is 1.41 bits per heavy atom. The first-order valence-corrected chi connectivity index (χ1v) is 6.96. The van der Waals surface area contributed by atoms with Crippen LogP contribution in [0.15, 0.2) is 17.3 Å². The molecule has 0 spiro atoms. The van der Waals surface area contributed by atoms with E-state index in [1.165, 1.54) is 21.4 Å². The van der Waals surface area contributed by atoms with Crippen LogP contribution in [0.2, 0.25) is 0 Å². The summed E-state index contributed by atoms with van der Waals surface area (Å²) in [4.78, 5) is 0.210. The third kappa shape index (κ3) is 2.51. The van der Waals surface area contributed by atoms with Gasteiger partial charge in [0, 0.05) is 26.3 Å². The van der Waals surface area contributed by atoms with Gasteiger partial charge < -0.3 is 5.11 Å². The number of aryl methyl sites for hydroxylation is 1. The van der Waals surface area contributed by atoms with E-state index in [2.05, 4.69) is 5.10 Å². The second-order valence-corrected chi connectivity index (χ2v) is 6.69. The topological polar surface area (TPSA) is 75.4 Å². The molecule has 0 aromatic carbocycles. The van der Waals surface area contributed by atoms with Gasteiger partial charge in [0.1, 0.15) is 4.90 Å². The summed E-state index contributed by atoms with van der Waals surface area (Å²) in [6.07, 6.45) is 3.77. The Morgan fingerprint density at radius 2 is 2.00 bits per heavy atom. The fraction of sp³-hybridized carbons (Fsp3) is 0.700. The van der Waals surface area contributed by atoms with Crippen LogP contribution in [0, 0.1) is 0 Å². The predicted octanol–water partition coefficient (Wildman–Crippen LogP) is -0.0444. The van der Waals surface area contributed by atoms with Gasteiger partial charge in [-0.1, -0.05) is 0 Å². The summed E-state index contributed by atoms with van der Waals surface area (Å²) in [5.41, 5.74) is -0.749. The van der Waals surface area contributed by atoms with Crippen molar-refractivity contribution in [3.8, 4) is 0 Å². The second kappa shape index (κ2) is 4.08. The second-order valence-electron chi connectivity index (χ2n) is 4.75. The number of hydrogen-bond donors (Lipinski definition) is 1. The highest BCUT2D eigenvalue weighted by molar-refractivity contribution is 7.89. The van der Waals surface area contributed by atoms with E-state index in [4.69, 9.17) is 0 Å². The number of aromatic nitrogens is 2. The van der Waals surface area contributed by atoms with Crippen LogP contribution in [0.3, 0.4) is 0 Å². The van der Waals surface area contributed by atoms with Crippen molar-refractivity contribution in [3.05, 3.63) is 12.4 Å². The lowest BCUT2D eigenvalue weighted by Crippen LogP contribution is -2.44. The molecule has 0 bridgehead atoms. The van der Waals surface area contributed by atoms with Crippen molar-refractivity contribution in [2.24, 2.45) is 7.05 Å². The SMILES string of the molecule is Cn1cc(S(=O)(=O)N2CCC(C)(O)CC2)cn1. The molecule has 1 saturated heterocycles. The molecule has 0 radical (unpaired) electrons. The van der Waals surface area contributed by atoms with E-state index >= 15 is 0 Å². The van der Waals surface area contributed by atoms with Gasteiger partial charge in [-0.2, -0.15) is 9.40 Å². The van der Waals surface area contributed by atoms with Crippen molar-refractivity contribution >= 4 is 10.0 Å². The Labute approximate surface area is 101 Å². The monoisotopic (exact) mass is 259 g/mol. The molecular formula is C10H17N3O3S. The average Bonchev–Trinajstić information content (AvgIpc) is 2.65. The van der Waals surface area contributed by atoms with E-state index in [1.807, 2.05) is 0 Å². The fourth-order valence-corrected chi connectivity index (χ4v) is 3.32. The predicted molar refractivity (Wildman–Crippen MR) is 61.8 cm³/mol. The first kappa shape index (κ1) is 12.5. The zero-order valence-electron chi connectivity index (χ0n) is 10.00. The molecule has 2 heterocycles. The Hall–Kier alpha value is -0.920. The highest BCUT2D eigenvalue weighted by atomic mass is 32.2. The number of nitrogens with zero attached hydrogens (tertiary/aromatic N) is 3. The average molecular weight is 259 g/mol. The standard InChI is InChI=1S/C10H17N3O3S/c1-10(14)3-5-13(6-4-10)17(15,16)9-7-11-12(2)8-9/h7-8,14H,3-6H2,1-2H3. The molecule has 1 aromatic heterocycles. The highest BCUT2D eigenvalue weighted by Crippen LogP contribution is 2.25. The van der Waals surface area contributed by atoms with Gasteiger partial charge in [-0.05, 0) is 19.8 Å². The van der Waals surface area contributed by atoms with Gasteiger partial charge >= 0.3 is 0 Å². The van der Waals surface area contributed by atoms with Crippen molar-refractivity contribution in [3.63, 3.8) is 0 Å². The van der Waals surface area contributed by atoms with Crippen LogP contribution < -0.4 is 0 Å². The molecule has 1 aliphatic rings. The quantitative estimate of drug-likeness (QED) is 0.808. The minimum atomic E-state index is -3.45. The number of sulfonamides is 1. The molecular weight excluding hydrogens is 242 g/mol. The summed E-state index contributed by atoms with van der Waals surface area (Å²) in [6.45, 7) is 2.44. The van der Waals surface area contributed by atoms with Crippen LogP contribution in [0.25, 0.3) is 0 Å². The van der Waals surface area contributed by atoms with E-state index in [1.54, 1.807) is 14.0 Å². The summed E-state index contributed by atoms with van der Waals surface area (Å²) in [7, 11) is -1.77. The van der Waals surface area contributed by atoms with Crippen molar-refractivity contribution in [2.45, 2.75) is 30.3 Å². The van der Waals surface area contributed by atoms with Gasteiger partial charge in [-0.15, -0.1) is 0 Å². The summed E-state index contributed by atoms with van der Waals surface area (Å²) >= 11 is 0. The van der Waals surface area contributed by atoms with Gasteiger partial charge in [0.25, 0.3) is 0 Å². The normalized spacial score (nSPS) is 21.6. The number of hydrogen-bond acceptors (Lipinski definition) is 4. The minimum Gasteiger partial charge on any atom is -0.390 e. The minimum absolute atomic E-state index is 0.210. The maximum absolute atomic E-state index is 12.2. The first-order chi connectivity index (χ1) is 7.81. The van der Waals surface area contributed by atoms with Crippen molar-refractivity contribution in [1.82, 2.24) is 14.1 Å². The van der Waals surface area contributed by atoms with E-state index in [-0.39, 0.29) is 4.90 Å². The van der Waals surface area contributed by atoms with E-state index in [9.17, 15) is 13.5 Å². The molecule has 1 N–H and O–H groups in total. The highest BCUT2D eigenvalue weighted by Gasteiger charge is 2.34. The van der Waals surface area contributed by atoms with Crippen LogP contribution >= 0.6 is 0 Å². The number of piperidine rings is 1. The van der Waals surface area contributed by atoms with E-state index in [0.717, 1.165) is 0 Å². The zero-order chi connectivity index (χ0) is 12.7. The molecule has 1 aromatic rings. The third-order valence-electron chi connectivity index (χ3n) is 3.12. The summed E-state index contributed by atoms with van der Waals surface area (Å²) in [5, 5.41) is 13.7. The van der Waals surface area contributed by atoms with Crippen molar-refractivity contribution in [1.29, 1.82) is 0 Å². The number of aliphatic hydroxyl groups is 1. The van der Waals surface area contributed by atoms with Gasteiger partial charge in [0.2, 0.25) is 10.0 Å². The lowest BCUT2D eigenvalue weighted by Gasteiger charge is -2.34. The van der Waals surface area contributed by atoms with Crippen molar-refractivity contribution in [2.75, 3.05) is 13.1 Å². The Kier molecular flexibility index (Phi) is 3.01. The van der Waals surface area contributed by atoms with Gasteiger partial charge in [0.15, 0.2) is 0 Å². The Morgan fingerprint density at radius 3 is 2.47 bits per heavy atom. The molecule has 0 saturated carbocycles. The molecule has 1 aliphatic heterocycles. The van der Waals surface area contributed by atoms with Crippen LogP contribution in [0.5, 0.6) is 0 Å². The van der Waals surface area contributed by atoms with Crippen LogP contribution in [-0.4, -0.2) is 46.3 Å². The maximum atomic E-state index is 12.2. The van der Waals surface area contributed by atoms with Crippen LogP contribution in [0.4, 0.5) is 0 Å². The first-order valence-electron chi connectivity index (χ1n) is 5.52. The lowest BCUT2D eigenvalue weighted by molar-refractivity contribution is 0.0126. The molecule has 6 nitrogen and oxygen atoms in total. The van der Waals surface area contributed by atoms with Gasteiger partial charge in [-0.3, -0.25) is 4.68 Å². The molecule has 0 unspecified atom stereocenters. The number of rotatable bonds is 2. The molecule has 96 valence electrons. The zero-order valence-corrected chi connectivity index (χ0v) is 10.8. The summed E-state index contributed by atoms with van der Waals surface area (Å²) in [5.74, 6) is 0. The Balaban J connectivity index is 2.18. The molecule has 0 atom stereocenters. The summed E-state index contributed by atoms with van der Waals surface area (Å²) < 4.78 is 27.3. The molecule has 17 heavy (non-hydrogen) atoms. The fourth-order valence-electron chi connectivity index (χ4n) is 1.89. The van der Waals surface area contributed by atoms with E-state index in [0.29, 0.717) is 25.9 Å². The molecule has 2 rings (SSSR count). The van der Waals surface area contributed by atoms with Crippen LogP contribution in [0.1, 0.15) is 19.8 Å². The molecule has 7 heteroatoms. The van der Waals surface area contributed by atoms with Gasteiger partial charge in [-0.25, -0.2) is 8.42 Å². The van der Waals surface area contributed by atoms with Gasteiger partial charge in [0.05, 0.1) is 11.8 Å². The maximum Gasteiger partial charge on any atom is 0.246 e. The lowest BCUT2D eigenvalue weighted by atomic mass is 9.95.